The summed E-state index contributed by atoms with van der Waals surface area (Å²) in [7, 11) is -3.57. The fourth-order valence-corrected chi connectivity index (χ4v) is 4.19. The van der Waals surface area contributed by atoms with Gasteiger partial charge in [0.1, 0.15) is 5.76 Å². The van der Waals surface area contributed by atoms with Gasteiger partial charge in [0.25, 0.3) is 0 Å². The zero-order valence-corrected chi connectivity index (χ0v) is 14.5. The standard InChI is InChI=1S/C17H22N2O4S/c1-14-5-2-3-7-17(14)24(20,21)18-13-15(16-6-4-10-23-16)19-8-11-22-12-9-19/h2-7,10,15,18H,8-9,11-13H2,1H3. The Labute approximate surface area is 142 Å². The molecular weight excluding hydrogens is 328 g/mol. The van der Waals surface area contributed by atoms with E-state index in [-0.39, 0.29) is 12.6 Å². The molecule has 0 aliphatic carbocycles. The van der Waals surface area contributed by atoms with E-state index in [4.69, 9.17) is 9.15 Å². The van der Waals surface area contributed by atoms with Crippen molar-refractivity contribution in [1.82, 2.24) is 9.62 Å². The number of furan rings is 1. The third-order valence-corrected chi connectivity index (χ3v) is 5.79. The van der Waals surface area contributed by atoms with Crippen molar-refractivity contribution in [3.8, 4) is 0 Å². The van der Waals surface area contributed by atoms with Gasteiger partial charge in [-0.2, -0.15) is 0 Å². The highest BCUT2D eigenvalue weighted by atomic mass is 32.2. The number of rotatable bonds is 6. The predicted molar refractivity (Wildman–Crippen MR) is 90.2 cm³/mol. The summed E-state index contributed by atoms with van der Waals surface area (Å²) in [5, 5.41) is 0. The Bertz CT molecular complexity index is 753. The molecule has 1 fully saturated rings. The fourth-order valence-electron chi connectivity index (χ4n) is 2.90. The molecule has 1 aromatic heterocycles. The molecule has 130 valence electrons. The van der Waals surface area contributed by atoms with Gasteiger partial charge in [-0.25, -0.2) is 13.1 Å². The first-order chi connectivity index (χ1) is 11.6. The van der Waals surface area contributed by atoms with Crippen LogP contribution < -0.4 is 4.72 Å². The minimum Gasteiger partial charge on any atom is -0.468 e. The molecule has 1 aliphatic heterocycles. The minimum atomic E-state index is -3.57. The number of nitrogens with one attached hydrogen (secondary N) is 1. The van der Waals surface area contributed by atoms with E-state index in [1.165, 1.54) is 0 Å². The molecule has 2 heterocycles. The molecule has 0 amide bonds. The lowest BCUT2D eigenvalue weighted by molar-refractivity contribution is 0.0128. The van der Waals surface area contributed by atoms with Crippen LogP contribution in [-0.4, -0.2) is 46.2 Å². The van der Waals surface area contributed by atoms with Crippen LogP contribution in [0.3, 0.4) is 0 Å². The highest BCUT2D eigenvalue weighted by Gasteiger charge is 2.27. The topological polar surface area (TPSA) is 71.8 Å². The van der Waals surface area contributed by atoms with Crippen molar-refractivity contribution in [2.75, 3.05) is 32.8 Å². The number of hydrogen-bond acceptors (Lipinski definition) is 5. The minimum absolute atomic E-state index is 0.150. The van der Waals surface area contributed by atoms with E-state index in [2.05, 4.69) is 9.62 Å². The molecule has 1 unspecified atom stereocenters. The number of morpholine rings is 1. The molecule has 1 aliphatic rings. The predicted octanol–water partition coefficient (Wildman–Crippen LogP) is 1.94. The Balaban J connectivity index is 1.77. The molecule has 0 spiro atoms. The van der Waals surface area contributed by atoms with Gasteiger partial charge in [0.05, 0.1) is 30.4 Å². The molecule has 24 heavy (non-hydrogen) atoms. The largest absolute Gasteiger partial charge is 0.468 e. The molecule has 2 aromatic rings. The maximum Gasteiger partial charge on any atom is 0.240 e. The summed E-state index contributed by atoms with van der Waals surface area (Å²) in [5.74, 6) is 0.754. The lowest BCUT2D eigenvalue weighted by Gasteiger charge is -2.33. The zero-order chi connectivity index (χ0) is 17.0. The third kappa shape index (κ3) is 3.87. The highest BCUT2D eigenvalue weighted by molar-refractivity contribution is 7.89. The monoisotopic (exact) mass is 350 g/mol. The Morgan fingerprint density at radius 3 is 2.58 bits per heavy atom. The van der Waals surface area contributed by atoms with Crippen molar-refractivity contribution in [2.45, 2.75) is 17.9 Å². The van der Waals surface area contributed by atoms with E-state index in [0.717, 1.165) is 24.4 Å². The van der Waals surface area contributed by atoms with Crippen LogP contribution in [-0.2, 0) is 14.8 Å². The molecule has 1 aromatic carbocycles. The van der Waals surface area contributed by atoms with Gasteiger partial charge in [0.2, 0.25) is 10.0 Å². The summed E-state index contributed by atoms with van der Waals surface area (Å²) >= 11 is 0. The Kier molecular flexibility index (Phi) is 5.35. The molecule has 7 heteroatoms. The van der Waals surface area contributed by atoms with Crippen molar-refractivity contribution >= 4 is 10.0 Å². The van der Waals surface area contributed by atoms with Gasteiger partial charge in [-0.05, 0) is 30.7 Å². The van der Waals surface area contributed by atoms with Crippen LogP contribution in [0.4, 0.5) is 0 Å². The lowest BCUT2D eigenvalue weighted by Crippen LogP contribution is -2.43. The Morgan fingerprint density at radius 1 is 1.17 bits per heavy atom. The van der Waals surface area contributed by atoms with E-state index < -0.39 is 10.0 Å². The van der Waals surface area contributed by atoms with Crippen molar-refractivity contribution in [3.05, 3.63) is 54.0 Å². The number of benzene rings is 1. The van der Waals surface area contributed by atoms with Crippen molar-refractivity contribution in [2.24, 2.45) is 0 Å². The van der Waals surface area contributed by atoms with Crippen LogP contribution >= 0.6 is 0 Å². The first kappa shape index (κ1) is 17.2. The zero-order valence-electron chi connectivity index (χ0n) is 13.6. The molecule has 0 saturated carbocycles. The normalized spacial score (nSPS) is 17.7. The Hall–Kier alpha value is -1.67. The second kappa shape index (κ2) is 7.48. The summed E-state index contributed by atoms with van der Waals surface area (Å²) < 4.78 is 38.9. The summed E-state index contributed by atoms with van der Waals surface area (Å²) in [4.78, 5) is 2.49. The van der Waals surface area contributed by atoms with E-state index in [0.29, 0.717) is 18.1 Å². The smallest absolute Gasteiger partial charge is 0.240 e. The van der Waals surface area contributed by atoms with Gasteiger partial charge in [-0.15, -0.1) is 0 Å². The van der Waals surface area contributed by atoms with Crippen molar-refractivity contribution < 1.29 is 17.6 Å². The molecule has 0 bridgehead atoms. The van der Waals surface area contributed by atoms with E-state index in [1.807, 2.05) is 18.2 Å². The average Bonchev–Trinajstić information content (AvgIpc) is 3.10. The van der Waals surface area contributed by atoms with Gasteiger partial charge >= 0.3 is 0 Å². The summed E-state index contributed by atoms with van der Waals surface area (Å²) in [6, 6.07) is 10.5. The number of aryl methyl sites for hydroxylation is 1. The van der Waals surface area contributed by atoms with Gasteiger partial charge in [0.15, 0.2) is 0 Å². The third-order valence-electron chi connectivity index (χ3n) is 4.21. The van der Waals surface area contributed by atoms with E-state index in [1.54, 1.807) is 31.4 Å². The first-order valence-electron chi connectivity index (χ1n) is 7.98. The van der Waals surface area contributed by atoms with Crippen LogP contribution in [0.5, 0.6) is 0 Å². The number of hydrogen-bond donors (Lipinski definition) is 1. The average molecular weight is 350 g/mol. The molecule has 1 N–H and O–H groups in total. The molecule has 3 rings (SSSR count). The van der Waals surface area contributed by atoms with Gasteiger partial charge in [0, 0.05) is 19.6 Å². The van der Waals surface area contributed by atoms with Gasteiger partial charge in [-0.1, -0.05) is 18.2 Å². The summed E-state index contributed by atoms with van der Waals surface area (Å²) in [6.07, 6.45) is 1.61. The van der Waals surface area contributed by atoms with E-state index in [9.17, 15) is 8.42 Å². The van der Waals surface area contributed by atoms with Crippen molar-refractivity contribution in [3.63, 3.8) is 0 Å². The Morgan fingerprint density at radius 2 is 1.92 bits per heavy atom. The molecule has 0 radical (unpaired) electrons. The second-order valence-corrected chi connectivity index (χ2v) is 7.53. The first-order valence-corrected chi connectivity index (χ1v) is 9.47. The molecule has 6 nitrogen and oxygen atoms in total. The number of sulfonamides is 1. The summed E-state index contributed by atoms with van der Waals surface area (Å²) in [6.45, 7) is 4.82. The van der Waals surface area contributed by atoms with Gasteiger partial charge in [-0.3, -0.25) is 4.90 Å². The van der Waals surface area contributed by atoms with Crippen LogP contribution in [0.15, 0.2) is 52.0 Å². The quantitative estimate of drug-likeness (QED) is 0.862. The maximum absolute atomic E-state index is 12.6. The SMILES string of the molecule is Cc1ccccc1S(=O)(=O)NCC(c1ccco1)N1CCOCC1. The van der Waals surface area contributed by atoms with Crippen molar-refractivity contribution in [1.29, 1.82) is 0 Å². The fraction of sp³-hybridized carbons (Fsp3) is 0.412. The number of ether oxygens (including phenoxy) is 1. The van der Waals surface area contributed by atoms with Gasteiger partial charge < -0.3 is 9.15 Å². The molecule has 1 saturated heterocycles. The lowest BCUT2D eigenvalue weighted by atomic mass is 10.2. The van der Waals surface area contributed by atoms with E-state index >= 15 is 0 Å². The van der Waals surface area contributed by atoms with Crippen LogP contribution in [0, 0.1) is 6.92 Å². The maximum atomic E-state index is 12.6. The van der Waals surface area contributed by atoms with Crippen LogP contribution in [0.2, 0.25) is 0 Å². The van der Waals surface area contributed by atoms with Crippen LogP contribution in [0.1, 0.15) is 17.4 Å². The molecular formula is C17H22N2O4S. The summed E-state index contributed by atoms with van der Waals surface area (Å²) in [5.41, 5.74) is 0.728. The second-order valence-electron chi connectivity index (χ2n) is 5.80. The number of nitrogens with zero attached hydrogens (tertiary/aromatic N) is 1. The van der Waals surface area contributed by atoms with Crippen LogP contribution in [0.25, 0.3) is 0 Å². The highest BCUT2D eigenvalue weighted by Crippen LogP contribution is 2.23. The molecule has 1 atom stereocenters.